The number of halogens is 1. The van der Waals surface area contributed by atoms with Crippen LogP contribution in [0, 0.1) is 5.92 Å². The van der Waals surface area contributed by atoms with Crippen molar-refractivity contribution in [2.75, 3.05) is 11.9 Å². The molecule has 0 saturated carbocycles. The van der Waals surface area contributed by atoms with Gasteiger partial charge in [0.15, 0.2) is 0 Å². The molecule has 1 atom stereocenters. The van der Waals surface area contributed by atoms with Crippen LogP contribution in [0.3, 0.4) is 0 Å². The van der Waals surface area contributed by atoms with Gasteiger partial charge in [-0.25, -0.2) is 4.79 Å². The standard InChI is InChI=1S/C14H20ClN3O2/c1-9(2)8-16-14(20)18-13(19)10(3)17-12-6-4-11(15)5-7-12/h4-7,9-10,17H,8H2,1-3H3,(H2,16,18,19,20)/t10-/m0/s1. The fraction of sp³-hybridized carbons (Fsp3) is 0.429. The highest BCUT2D eigenvalue weighted by atomic mass is 35.5. The molecular formula is C14H20ClN3O2. The van der Waals surface area contributed by atoms with E-state index >= 15 is 0 Å². The molecule has 0 radical (unpaired) electrons. The fourth-order valence-corrected chi connectivity index (χ4v) is 1.55. The highest BCUT2D eigenvalue weighted by Gasteiger charge is 2.15. The van der Waals surface area contributed by atoms with E-state index in [1.54, 1.807) is 31.2 Å². The molecule has 0 aliphatic rings. The van der Waals surface area contributed by atoms with Crippen LogP contribution in [0.4, 0.5) is 10.5 Å². The minimum absolute atomic E-state index is 0.334. The van der Waals surface area contributed by atoms with Gasteiger partial charge in [0.2, 0.25) is 5.91 Å². The molecule has 0 unspecified atom stereocenters. The summed E-state index contributed by atoms with van der Waals surface area (Å²) in [7, 11) is 0. The number of hydrogen-bond acceptors (Lipinski definition) is 3. The Morgan fingerprint density at radius 2 is 1.75 bits per heavy atom. The lowest BCUT2D eigenvalue weighted by Crippen LogP contribution is -2.46. The molecule has 3 amide bonds. The van der Waals surface area contributed by atoms with Crippen molar-refractivity contribution in [3.63, 3.8) is 0 Å². The Hall–Kier alpha value is -1.75. The number of amides is 3. The number of urea groups is 1. The topological polar surface area (TPSA) is 70.2 Å². The minimum atomic E-state index is -0.527. The second-order valence-corrected chi connectivity index (χ2v) is 5.40. The summed E-state index contributed by atoms with van der Waals surface area (Å²) in [5.41, 5.74) is 0.764. The first kappa shape index (κ1) is 16.3. The number of imide groups is 1. The van der Waals surface area contributed by atoms with Gasteiger partial charge in [0, 0.05) is 17.3 Å². The lowest BCUT2D eigenvalue weighted by atomic mass is 10.2. The highest BCUT2D eigenvalue weighted by Crippen LogP contribution is 2.14. The van der Waals surface area contributed by atoms with E-state index in [4.69, 9.17) is 11.6 Å². The van der Waals surface area contributed by atoms with Crippen LogP contribution in [0.15, 0.2) is 24.3 Å². The molecule has 0 bridgehead atoms. The van der Waals surface area contributed by atoms with E-state index < -0.39 is 12.1 Å². The Bertz CT molecular complexity index is 460. The summed E-state index contributed by atoms with van der Waals surface area (Å²) in [5, 5.41) is 8.53. The first-order chi connectivity index (χ1) is 9.38. The Balaban J connectivity index is 2.42. The third-order valence-electron chi connectivity index (χ3n) is 2.53. The molecule has 0 fully saturated rings. The van der Waals surface area contributed by atoms with E-state index in [1.165, 1.54) is 0 Å². The second kappa shape index (κ2) is 7.75. The van der Waals surface area contributed by atoms with Gasteiger partial charge in [-0.05, 0) is 37.1 Å². The number of anilines is 1. The number of benzene rings is 1. The molecule has 3 N–H and O–H groups in total. The zero-order valence-electron chi connectivity index (χ0n) is 11.9. The predicted molar refractivity (Wildman–Crippen MR) is 80.9 cm³/mol. The molecule has 6 heteroatoms. The SMILES string of the molecule is CC(C)CNC(=O)NC(=O)[C@H](C)Nc1ccc(Cl)cc1. The molecule has 110 valence electrons. The van der Waals surface area contributed by atoms with Crippen LogP contribution >= 0.6 is 11.6 Å². The Morgan fingerprint density at radius 1 is 1.15 bits per heavy atom. The van der Waals surface area contributed by atoms with Crippen molar-refractivity contribution >= 4 is 29.2 Å². The first-order valence-electron chi connectivity index (χ1n) is 6.49. The van der Waals surface area contributed by atoms with Crippen LogP contribution < -0.4 is 16.0 Å². The first-order valence-corrected chi connectivity index (χ1v) is 6.87. The summed E-state index contributed by atoms with van der Waals surface area (Å²) in [6.45, 7) is 6.16. The van der Waals surface area contributed by atoms with Crippen LogP contribution in [0.2, 0.25) is 5.02 Å². The lowest BCUT2D eigenvalue weighted by Gasteiger charge is -2.15. The van der Waals surface area contributed by atoms with Crippen LogP contribution in [-0.4, -0.2) is 24.5 Å². The van der Waals surface area contributed by atoms with Gasteiger partial charge >= 0.3 is 6.03 Å². The Kier molecular flexibility index (Phi) is 6.31. The Labute approximate surface area is 124 Å². The summed E-state index contributed by atoms with van der Waals surface area (Å²) in [4.78, 5) is 23.3. The van der Waals surface area contributed by atoms with Crippen molar-refractivity contribution < 1.29 is 9.59 Å². The van der Waals surface area contributed by atoms with Crippen molar-refractivity contribution in [2.45, 2.75) is 26.8 Å². The molecule has 1 aromatic rings. The molecule has 0 aliphatic heterocycles. The summed E-state index contributed by atoms with van der Waals surface area (Å²) in [6, 6.07) is 5.98. The van der Waals surface area contributed by atoms with Crippen LogP contribution in [0.25, 0.3) is 0 Å². The molecule has 0 spiro atoms. The van der Waals surface area contributed by atoms with Crippen molar-refractivity contribution in [1.29, 1.82) is 0 Å². The number of carbonyl (C=O) groups excluding carboxylic acids is 2. The smallest absolute Gasteiger partial charge is 0.321 e. The van der Waals surface area contributed by atoms with E-state index in [0.717, 1.165) is 5.69 Å². The van der Waals surface area contributed by atoms with Crippen LogP contribution in [0.1, 0.15) is 20.8 Å². The van der Waals surface area contributed by atoms with Gasteiger partial charge in [0.1, 0.15) is 6.04 Å². The minimum Gasteiger partial charge on any atom is -0.374 e. The van der Waals surface area contributed by atoms with E-state index in [-0.39, 0.29) is 5.91 Å². The molecule has 1 aromatic carbocycles. The number of nitrogens with one attached hydrogen (secondary N) is 3. The maximum atomic E-state index is 11.8. The number of hydrogen-bond donors (Lipinski definition) is 3. The quantitative estimate of drug-likeness (QED) is 0.782. The van der Waals surface area contributed by atoms with Crippen molar-refractivity contribution in [3.8, 4) is 0 Å². The molecule has 0 heterocycles. The van der Waals surface area contributed by atoms with Crippen LogP contribution in [0.5, 0.6) is 0 Å². The highest BCUT2D eigenvalue weighted by molar-refractivity contribution is 6.30. The number of rotatable bonds is 5. The predicted octanol–water partition coefficient (Wildman–Crippen LogP) is 2.62. The fourth-order valence-electron chi connectivity index (χ4n) is 1.42. The molecule has 20 heavy (non-hydrogen) atoms. The average Bonchev–Trinajstić information content (AvgIpc) is 2.39. The van der Waals surface area contributed by atoms with Gasteiger partial charge in [-0.15, -0.1) is 0 Å². The molecule has 0 aromatic heterocycles. The van der Waals surface area contributed by atoms with Gasteiger partial charge in [0.25, 0.3) is 0 Å². The van der Waals surface area contributed by atoms with Crippen molar-refractivity contribution in [2.24, 2.45) is 5.92 Å². The van der Waals surface area contributed by atoms with Gasteiger partial charge in [-0.3, -0.25) is 10.1 Å². The van der Waals surface area contributed by atoms with Gasteiger partial charge < -0.3 is 10.6 Å². The van der Waals surface area contributed by atoms with E-state index in [0.29, 0.717) is 17.5 Å². The molecule has 1 rings (SSSR count). The average molecular weight is 298 g/mol. The normalized spacial score (nSPS) is 11.8. The van der Waals surface area contributed by atoms with E-state index in [2.05, 4.69) is 16.0 Å². The summed E-state index contributed by atoms with van der Waals surface area (Å²) in [5.74, 6) is -0.0540. The monoisotopic (exact) mass is 297 g/mol. The number of carbonyl (C=O) groups is 2. The van der Waals surface area contributed by atoms with Gasteiger partial charge in [-0.2, -0.15) is 0 Å². The summed E-state index contributed by atoms with van der Waals surface area (Å²) in [6.07, 6.45) is 0. The maximum absolute atomic E-state index is 11.8. The van der Waals surface area contributed by atoms with Crippen molar-refractivity contribution in [3.05, 3.63) is 29.3 Å². The van der Waals surface area contributed by atoms with Crippen molar-refractivity contribution in [1.82, 2.24) is 10.6 Å². The summed E-state index contributed by atoms with van der Waals surface area (Å²) < 4.78 is 0. The molecule has 5 nitrogen and oxygen atoms in total. The van der Waals surface area contributed by atoms with E-state index in [9.17, 15) is 9.59 Å². The Morgan fingerprint density at radius 3 is 2.30 bits per heavy atom. The third kappa shape index (κ3) is 5.93. The summed E-state index contributed by atoms with van der Waals surface area (Å²) >= 11 is 5.78. The molecular weight excluding hydrogens is 278 g/mol. The largest absolute Gasteiger partial charge is 0.374 e. The van der Waals surface area contributed by atoms with Crippen LogP contribution in [-0.2, 0) is 4.79 Å². The maximum Gasteiger partial charge on any atom is 0.321 e. The van der Waals surface area contributed by atoms with E-state index in [1.807, 2.05) is 13.8 Å². The zero-order chi connectivity index (χ0) is 15.1. The third-order valence-corrected chi connectivity index (χ3v) is 2.78. The van der Waals surface area contributed by atoms with Gasteiger partial charge in [0.05, 0.1) is 0 Å². The molecule has 0 aliphatic carbocycles. The molecule has 0 saturated heterocycles. The lowest BCUT2D eigenvalue weighted by molar-refractivity contribution is -0.120. The zero-order valence-corrected chi connectivity index (χ0v) is 12.6. The second-order valence-electron chi connectivity index (χ2n) is 4.97. The van der Waals surface area contributed by atoms with Gasteiger partial charge in [-0.1, -0.05) is 25.4 Å².